The summed E-state index contributed by atoms with van der Waals surface area (Å²) >= 11 is 36.7. The van der Waals surface area contributed by atoms with E-state index in [1.807, 2.05) is 18.2 Å². The molecule has 3 aliphatic heterocycles. The van der Waals surface area contributed by atoms with Crippen molar-refractivity contribution >= 4 is 149 Å². The Hall–Kier alpha value is -8.07. The lowest BCUT2D eigenvalue weighted by atomic mass is 9.97. The van der Waals surface area contributed by atoms with Crippen molar-refractivity contribution in [3.63, 3.8) is 0 Å². The zero-order valence-corrected chi connectivity index (χ0v) is 55.4. The van der Waals surface area contributed by atoms with E-state index >= 15 is 0 Å². The number of carbonyl (C=O) groups excluding carboxylic acids is 2. The van der Waals surface area contributed by atoms with Crippen LogP contribution in [0.3, 0.4) is 0 Å². The number of nitrogens with two attached hydrogens (primary N) is 3. The molecule has 9 heterocycles. The van der Waals surface area contributed by atoms with Crippen molar-refractivity contribution in [2.45, 2.75) is 64.5 Å². The molecule has 9 aromatic rings. The summed E-state index contributed by atoms with van der Waals surface area (Å²) in [5.41, 5.74) is 24.3. The largest absolute Gasteiger partial charge is 0.478 e. The lowest BCUT2D eigenvalue weighted by molar-refractivity contribution is -0.141. The molecule has 18 nitrogen and oxygen atoms in total. The highest BCUT2D eigenvalue weighted by molar-refractivity contribution is 6.37. The monoisotopic (exact) mass is 1430 g/mol. The molecule has 0 fully saturated rings. The minimum Gasteiger partial charge on any atom is -0.478 e. The van der Waals surface area contributed by atoms with Crippen LogP contribution in [0.4, 0.5) is 43.8 Å². The molecule has 3 atom stereocenters. The van der Waals surface area contributed by atoms with E-state index < -0.39 is 59.4 Å². The fourth-order valence-electron chi connectivity index (χ4n) is 11.7. The Kier molecular flexibility index (Phi) is 20.1. The zero-order chi connectivity index (χ0) is 68.2. The number of benzene rings is 3. The highest BCUT2D eigenvalue weighted by Crippen LogP contribution is 2.47. The number of fused-ring (bicyclic) bond motifs is 3. The highest BCUT2D eigenvalue weighted by Gasteiger charge is 2.37. The predicted molar refractivity (Wildman–Crippen MR) is 353 cm³/mol. The number of hydrogen-bond donors (Lipinski definition) is 3. The summed E-state index contributed by atoms with van der Waals surface area (Å²) in [5.74, 6) is -5.71. The van der Waals surface area contributed by atoms with Crippen LogP contribution in [0.5, 0.6) is 17.2 Å². The molecule has 12 rings (SSSR count). The average Bonchev–Trinajstić information content (AvgIpc) is 1.57. The van der Waals surface area contributed by atoms with Crippen molar-refractivity contribution in [1.82, 2.24) is 34.6 Å². The molecule has 0 unspecified atom stereocenters. The molecule has 30 heteroatoms. The Labute approximate surface area is 568 Å². The molecular weight excluding hydrogens is 1380 g/mol. The number of likely N-dealkylation sites (N-methyl/N-ethyl adjacent to an activating group) is 1. The second kappa shape index (κ2) is 27.9. The number of amides is 2. The van der Waals surface area contributed by atoms with Crippen LogP contribution in [0.15, 0.2) is 87.1 Å². The minimum atomic E-state index is -1.04. The standard InChI is InChI=1S/C44H39Cl4F4N7O5.C21H17Cl2F2N3O3/c1-19(31-33(45)27(49)13-28(50)34(31)46)63-39-37-23(15-55-41(39)53)25(17-61-37)21-5-9-58(10-6-21)43(44(60)57(3)4)59-11-7-22(8-12-59)26-18-62-38-24(26)16-56-42(54)40(38)64-20(2)32-35(47)29(51)14-30(52)36(32)48;1-10(16-17(22)14(24)6-15(25)18(16)23)31-20-19-12(7-27-21(20)26)13(8-30-19)11-2-4-28(9-29)5-3-11/h5,7,13-20,43H,6,8-12H2,1-4H3,(H2,53,55)(H2,54,56);2,6-10H,3-5H2,1H3,(H2,26,27)/t19-,20-;10-/m11/s1. The number of hydrogen-bond acceptors (Lipinski definition) is 16. The molecule has 0 aliphatic carbocycles. The molecule has 0 spiro atoms. The summed E-state index contributed by atoms with van der Waals surface area (Å²) < 4.78 is 121. The van der Waals surface area contributed by atoms with Crippen LogP contribution >= 0.6 is 69.6 Å². The molecule has 95 heavy (non-hydrogen) atoms. The van der Waals surface area contributed by atoms with E-state index in [1.54, 1.807) is 61.3 Å². The summed E-state index contributed by atoms with van der Waals surface area (Å²) in [6, 6.07) is 1.81. The van der Waals surface area contributed by atoms with Crippen LogP contribution in [-0.2, 0) is 9.59 Å². The summed E-state index contributed by atoms with van der Waals surface area (Å²) in [6.07, 6.45) is 14.4. The molecule has 6 aromatic heterocycles. The van der Waals surface area contributed by atoms with Gasteiger partial charge in [0.1, 0.15) is 59.4 Å². The number of aromatic nitrogens is 3. The quantitative estimate of drug-likeness (QED) is 0.0464. The molecule has 3 aliphatic rings. The first-order chi connectivity index (χ1) is 45.3. The first kappa shape index (κ1) is 68.3. The van der Waals surface area contributed by atoms with Crippen LogP contribution < -0.4 is 31.4 Å². The first-order valence-electron chi connectivity index (χ1n) is 29.2. The lowest BCUT2D eigenvalue weighted by Crippen LogP contribution is -2.58. The normalized spacial score (nSPS) is 15.7. The van der Waals surface area contributed by atoms with Crippen LogP contribution in [0.1, 0.15) is 91.7 Å². The van der Waals surface area contributed by atoms with Crippen LogP contribution in [0.25, 0.3) is 49.6 Å². The van der Waals surface area contributed by atoms with E-state index in [4.69, 9.17) is 114 Å². The third-order valence-electron chi connectivity index (χ3n) is 16.6. The number of anilines is 3. The third-order valence-corrected chi connectivity index (χ3v) is 18.9. The molecule has 498 valence electrons. The van der Waals surface area contributed by atoms with Gasteiger partial charge in [0.05, 0.1) is 65.1 Å². The number of nitrogen functional groups attached to an aromatic ring is 3. The van der Waals surface area contributed by atoms with Crippen LogP contribution in [0.2, 0.25) is 30.1 Å². The molecule has 0 radical (unpaired) electrons. The van der Waals surface area contributed by atoms with E-state index in [0.29, 0.717) is 98.5 Å². The molecule has 2 amide bonds. The maximum Gasteiger partial charge on any atom is 0.254 e. The predicted octanol–water partition coefficient (Wildman–Crippen LogP) is 16.3. The van der Waals surface area contributed by atoms with Gasteiger partial charge in [-0.05, 0) is 56.8 Å². The summed E-state index contributed by atoms with van der Waals surface area (Å²) in [4.78, 5) is 45.1. The smallest absolute Gasteiger partial charge is 0.254 e. The van der Waals surface area contributed by atoms with Gasteiger partial charge in [-0.15, -0.1) is 0 Å². The number of nitrogens with zero attached hydrogens (tertiary/aromatic N) is 7. The maximum atomic E-state index is 14.4. The lowest BCUT2D eigenvalue weighted by Gasteiger charge is -2.42. The molecule has 0 saturated heterocycles. The highest BCUT2D eigenvalue weighted by atomic mass is 35.5. The van der Waals surface area contributed by atoms with Crippen molar-refractivity contribution in [3.8, 4) is 17.2 Å². The number of furan rings is 3. The summed E-state index contributed by atoms with van der Waals surface area (Å²) in [5, 5.41) is -0.362. The number of carbonyl (C=O) groups is 2. The van der Waals surface area contributed by atoms with Gasteiger partial charge in [0.2, 0.25) is 23.7 Å². The first-order valence-corrected chi connectivity index (χ1v) is 31.5. The Balaban J connectivity index is 0.000000247. The fraction of sp³-hybridized carbons (Fsp3) is 0.277. The zero-order valence-electron chi connectivity index (χ0n) is 50.8. The van der Waals surface area contributed by atoms with Gasteiger partial charge in [-0.1, -0.05) is 87.8 Å². The topological polar surface area (TPSA) is 231 Å². The van der Waals surface area contributed by atoms with E-state index in [1.165, 1.54) is 20.8 Å². The minimum absolute atomic E-state index is 0.0133. The van der Waals surface area contributed by atoms with Gasteiger partial charge in [0.15, 0.2) is 34.2 Å². The van der Waals surface area contributed by atoms with Crippen molar-refractivity contribution in [2.75, 3.05) is 70.6 Å². The van der Waals surface area contributed by atoms with Crippen LogP contribution in [0, 0.1) is 34.9 Å². The van der Waals surface area contributed by atoms with Gasteiger partial charge >= 0.3 is 0 Å². The molecule has 6 N–H and O–H groups in total. The number of halogens is 12. The van der Waals surface area contributed by atoms with Crippen molar-refractivity contribution in [2.24, 2.45) is 0 Å². The van der Waals surface area contributed by atoms with Gasteiger partial charge < -0.3 is 54.5 Å². The molecular formula is C65H56Cl6F6N10O8. The van der Waals surface area contributed by atoms with Gasteiger partial charge in [0.25, 0.3) is 5.91 Å². The van der Waals surface area contributed by atoms with E-state index in [0.717, 1.165) is 39.8 Å². The second-order valence-corrected chi connectivity index (χ2v) is 24.9. The average molecular weight is 1430 g/mol. The van der Waals surface area contributed by atoms with Crippen LogP contribution in [-0.4, -0.2) is 106 Å². The number of ether oxygens (including phenoxy) is 3. The Bertz CT molecular complexity index is 4380. The maximum absolute atomic E-state index is 14.4. The Morgan fingerprint density at radius 3 is 1.06 bits per heavy atom. The summed E-state index contributed by atoms with van der Waals surface area (Å²) in [6.45, 7) is 7.59. The third kappa shape index (κ3) is 13.2. The second-order valence-electron chi connectivity index (χ2n) is 22.7. The summed E-state index contributed by atoms with van der Waals surface area (Å²) in [7, 11) is 3.44. The van der Waals surface area contributed by atoms with Gasteiger partial charge in [-0.25, -0.2) is 41.3 Å². The van der Waals surface area contributed by atoms with E-state index in [-0.39, 0.29) is 98.6 Å². The van der Waals surface area contributed by atoms with Gasteiger partial charge in [-0.2, -0.15) is 0 Å². The van der Waals surface area contributed by atoms with E-state index in [9.17, 15) is 35.9 Å². The number of pyridine rings is 3. The van der Waals surface area contributed by atoms with Crippen molar-refractivity contribution in [3.05, 3.63) is 172 Å². The Morgan fingerprint density at radius 1 is 0.516 bits per heavy atom. The van der Waals surface area contributed by atoms with Gasteiger partial charge in [0, 0.05) is 124 Å². The SMILES string of the molecule is C[C@@H](Oc1c(N)ncc2c(C3=CCN(C(C(=O)N(C)C)N4CC=C(c5coc6c(O[C@H](C)c7c(Cl)c(F)cc(F)c7Cl)c(N)ncc56)CC4)CC3)coc12)c1c(Cl)c(F)cc(F)c1Cl.C[C@@H](Oc1c(N)ncc2c(C3=CCN(C=O)CC3)coc12)c1c(Cl)c(F)cc(F)c1Cl. The molecule has 0 bridgehead atoms. The van der Waals surface area contributed by atoms with Gasteiger partial charge in [-0.3, -0.25) is 19.4 Å². The number of rotatable bonds is 16. The van der Waals surface area contributed by atoms with E-state index in [2.05, 4.69) is 24.8 Å². The molecule has 0 saturated carbocycles. The fourth-order valence-corrected chi connectivity index (χ4v) is 13.6. The van der Waals surface area contributed by atoms with Crippen molar-refractivity contribution < 1.29 is 63.4 Å². The Morgan fingerprint density at radius 2 is 0.811 bits per heavy atom. The van der Waals surface area contributed by atoms with Crippen molar-refractivity contribution in [1.29, 1.82) is 0 Å². The molecule has 3 aromatic carbocycles.